The van der Waals surface area contributed by atoms with Gasteiger partial charge in [-0.05, 0) is 63.2 Å². The van der Waals surface area contributed by atoms with E-state index in [0.717, 1.165) is 24.2 Å². The van der Waals surface area contributed by atoms with E-state index in [2.05, 4.69) is 27.0 Å². The first-order valence-electron chi connectivity index (χ1n) is 14.3. The number of amides is 1. The lowest BCUT2D eigenvalue weighted by molar-refractivity contribution is -0.130. The number of likely N-dealkylation sites (tertiary alicyclic amines) is 1. The van der Waals surface area contributed by atoms with E-state index in [1.807, 2.05) is 27.1 Å². The number of fused-ring (bicyclic) bond motifs is 3. The SMILES string of the molecule is C=CC(=O)N1CCC(n2cnc3c(N4CC(N(C)C)C4)nc4c(F)c(-c5cccc(Cl)c5C)c(Cl)cc4c32)CC1CC#N. The number of piperidine rings is 1. The normalized spacial score (nSPS) is 19.2. The van der Waals surface area contributed by atoms with E-state index in [1.54, 1.807) is 29.4 Å². The zero-order chi connectivity index (χ0) is 30.6. The molecule has 2 saturated heterocycles. The molecule has 2 aliphatic heterocycles. The molecule has 43 heavy (non-hydrogen) atoms. The second kappa shape index (κ2) is 11.4. The monoisotopic (exact) mass is 619 g/mol. The van der Waals surface area contributed by atoms with E-state index in [0.29, 0.717) is 52.7 Å². The van der Waals surface area contributed by atoms with Crippen LogP contribution in [-0.4, -0.2) is 76.1 Å². The van der Waals surface area contributed by atoms with Gasteiger partial charge in [0.25, 0.3) is 0 Å². The van der Waals surface area contributed by atoms with Crippen LogP contribution in [0.1, 0.15) is 30.9 Å². The van der Waals surface area contributed by atoms with Crippen molar-refractivity contribution in [3.8, 4) is 17.2 Å². The Hall–Kier alpha value is -3.71. The maximum absolute atomic E-state index is 16.7. The summed E-state index contributed by atoms with van der Waals surface area (Å²) in [6, 6.07) is 9.37. The number of nitrogens with zero attached hydrogens (tertiary/aromatic N) is 7. The number of nitriles is 1. The van der Waals surface area contributed by atoms with E-state index in [9.17, 15) is 10.1 Å². The number of likely N-dealkylation sites (N-methyl/N-ethyl adjacent to an activating group) is 1. The Labute approximate surface area is 259 Å². The fraction of sp³-hybridized carbons (Fsp3) is 0.375. The van der Waals surface area contributed by atoms with Crippen molar-refractivity contribution in [1.29, 1.82) is 5.26 Å². The van der Waals surface area contributed by atoms with Crippen molar-refractivity contribution in [2.24, 2.45) is 0 Å². The standard InChI is InChI=1S/C32H32Cl2FN7O/c1-5-26(43)41-12-10-20(13-19(41)9-11-36)42-17-37-30-31(42)23-14-25(34)27(22-7-6-8-24(33)18(22)2)28(35)29(23)38-32(30)40-15-21(16-40)39(3)4/h5-8,14,17,19-21H,1,9-10,12-13,15-16H2,2-4H3. The van der Waals surface area contributed by atoms with Gasteiger partial charge in [0.05, 0.1) is 29.4 Å². The quantitative estimate of drug-likeness (QED) is 0.233. The molecule has 0 aliphatic carbocycles. The highest BCUT2D eigenvalue weighted by Crippen LogP contribution is 2.43. The summed E-state index contributed by atoms with van der Waals surface area (Å²) in [7, 11) is 4.09. The lowest BCUT2D eigenvalue weighted by Gasteiger charge is -2.43. The molecule has 2 aliphatic rings. The third-order valence-corrected chi connectivity index (χ3v) is 9.67. The fourth-order valence-electron chi connectivity index (χ4n) is 6.41. The number of carbonyl (C=O) groups is 1. The molecule has 2 fully saturated rings. The van der Waals surface area contributed by atoms with Crippen molar-refractivity contribution in [3.05, 3.63) is 64.7 Å². The number of carbonyl (C=O) groups excluding carboxylic acids is 1. The molecule has 0 saturated carbocycles. The molecule has 6 rings (SSSR count). The molecule has 1 amide bonds. The number of pyridine rings is 1. The Morgan fingerprint density at radius 1 is 1.26 bits per heavy atom. The predicted octanol–water partition coefficient (Wildman–Crippen LogP) is 6.39. The zero-order valence-electron chi connectivity index (χ0n) is 24.3. The first kappa shape index (κ1) is 29.4. The average molecular weight is 621 g/mol. The highest BCUT2D eigenvalue weighted by atomic mass is 35.5. The molecule has 2 aromatic heterocycles. The summed E-state index contributed by atoms with van der Waals surface area (Å²) in [5, 5.41) is 10.9. The van der Waals surface area contributed by atoms with Gasteiger partial charge in [-0.25, -0.2) is 14.4 Å². The molecule has 0 spiro atoms. The molecule has 2 unspecified atom stereocenters. The van der Waals surface area contributed by atoms with Crippen LogP contribution in [0.15, 0.2) is 43.2 Å². The maximum atomic E-state index is 16.7. The molecule has 222 valence electrons. The van der Waals surface area contributed by atoms with Gasteiger partial charge in [0, 0.05) is 53.7 Å². The van der Waals surface area contributed by atoms with Gasteiger partial charge < -0.3 is 19.3 Å². The minimum Gasteiger partial charge on any atom is -0.351 e. The molecule has 11 heteroatoms. The average Bonchev–Trinajstić information content (AvgIpc) is 3.40. The summed E-state index contributed by atoms with van der Waals surface area (Å²) >= 11 is 13.3. The van der Waals surface area contributed by atoms with Crippen molar-refractivity contribution in [3.63, 3.8) is 0 Å². The first-order valence-corrected chi connectivity index (χ1v) is 15.0. The topological polar surface area (TPSA) is 81.3 Å². The van der Waals surface area contributed by atoms with Gasteiger partial charge in [0.2, 0.25) is 5.91 Å². The predicted molar refractivity (Wildman–Crippen MR) is 169 cm³/mol. The Morgan fingerprint density at radius 2 is 2.02 bits per heavy atom. The van der Waals surface area contributed by atoms with Crippen LogP contribution in [0.4, 0.5) is 10.2 Å². The Morgan fingerprint density at radius 3 is 2.72 bits per heavy atom. The van der Waals surface area contributed by atoms with Gasteiger partial charge in [-0.15, -0.1) is 0 Å². The van der Waals surface area contributed by atoms with E-state index in [1.165, 1.54) is 6.08 Å². The van der Waals surface area contributed by atoms with Gasteiger partial charge in [0.15, 0.2) is 11.6 Å². The van der Waals surface area contributed by atoms with E-state index < -0.39 is 5.82 Å². The summed E-state index contributed by atoms with van der Waals surface area (Å²) in [6.45, 7) is 7.44. The summed E-state index contributed by atoms with van der Waals surface area (Å²) in [4.78, 5) is 28.3. The number of anilines is 1. The molecule has 0 N–H and O–H groups in total. The van der Waals surface area contributed by atoms with Crippen LogP contribution < -0.4 is 4.90 Å². The molecule has 2 atom stereocenters. The molecule has 2 aromatic carbocycles. The smallest absolute Gasteiger partial charge is 0.246 e. The van der Waals surface area contributed by atoms with Crippen LogP contribution in [-0.2, 0) is 4.79 Å². The maximum Gasteiger partial charge on any atom is 0.246 e. The van der Waals surface area contributed by atoms with Gasteiger partial charge in [0.1, 0.15) is 11.0 Å². The van der Waals surface area contributed by atoms with Gasteiger partial charge in [-0.1, -0.05) is 41.9 Å². The highest BCUT2D eigenvalue weighted by molar-refractivity contribution is 6.35. The minimum atomic E-state index is -0.512. The van der Waals surface area contributed by atoms with Crippen molar-refractivity contribution >= 4 is 56.9 Å². The van der Waals surface area contributed by atoms with Crippen LogP contribution in [0.2, 0.25) is 10.0 Å². The van der Waals surface area contributed by atoms with E-state index >= 15 is 4.39 Å². The summed E-state index contributed by atoms with van der Waals surface area (Å²) < 4.78 is 18.8. The number of aromatic nitrogens is 3. The summed E-state index contributed by atoms with van der Waals surface area (Å²) in [5.74, 6) is -0.0681. The number of benzene rings is 2. The van der Waals surface area contributed by atoms with Crippen molar-refractivity contribution in [2.75, 3.05) is 38.6 Å². The first-order chi connectivity index (χ1) is 20.6. The highest BCUT2D eigenvalue weighted by Gasteiger charge is 2.35. The van der Waals surface area contributed by atoms with Crippen LogP contribution in [0.3, 0.4) is 0 Å². The molecule has 4 heterocycles. The zero-order valence-corrected chi connectivity index (χ0v) is 25.8. The summed E-state index contributed by atoms with van der Waals surface area (Å²) in [6.07, 6.45) is 4.48. The molecular weight excluding hydrogens is 588 g/mol. The van der Waals surface area contributed by atoms with Crippen molar-refractivity contribution in [1.82, 2.24) is 24.3 Å². The van der Waals surface area contributed by atoms with Gasteiger partial charge in [-0.2, -0.15) is 5.26 Å². The lowest BCUT2D eigenvalue weighted by Crippen LogP contribution is -2.57. The molecule has 8 nitrogen and oxygen atoms in total. The number of imidazole rings is 1. The largest absolute Gasteiger partial charge is 0.351 e. The van der Waals surface area contributed by atoms with Crippen LogP contribution in [0.5, 0.6) is 0 Å². The van der Waals surface area contributed by atoms with E-state index in [4.69, 9.17) is 33.2 Å². The van der Waals surface area contributed by atoms with Gasteiger partial charge in [-0.3, -0.25) is 4.79 Å². The number of hydrogen-bond donors (Lipinski definition) is 0. The Balaban J connectivity index is 1.55. The number of halogens is 3. The fourth-order valence-corrected chi connectivity index (χ4v) is 6.88. The third-order valence-electron chi connectivity index (χ3n) is 8.97. The number of rotatable bonds is 6. The van der Waals surface area contributed by atoms with Crippen LogP contribution >= 0.6 is 23.2 Å². The third kappa shape index (κ3) is 4.92. The van der Waals surface area contributed by atoms with Crippen molar-refractivity contribution in [2.45, 2.75) is 44.3 Å². The number of hydrogen-bond acceptors (Lipinski definition) is 6. The second-order valence-corrected chi connectivity index (χ2v) is 12.4. The minimum absolute atomic E-state index is 0.0710. The summed E-state index contributed by atoms with van der Waals surface area (Å²) in [5.41, 5.74) is 3.24. The van der Waals surface area contributed by atoms with Crippen molar-refractivity contribution < 1.29 is 9.18 Å². The molecule has 4 aromatic rings. The van der Waals surface area contributed by atoms with Crippen LogP contribution in [0, 0.1) is 24.1 Å². The lowest BCUT2D eigenvalue weighted by atomic mass is 9.94. The Bertz CT molecular complexity index is 1810. The second-order valence-electron chi connectivity index (χ2n) is 11.6. The molecule has 0 bridgehead atoms. The van der Waals surface area contributed by atoms with Gasteiger partial charge >= 0.3 is 0 Å². The van der Waals surface area contributed by atoms with E-state index in [-0.39, 0.29) is 40.5 Å². The molecule has 0 radical (unpaired) electrons. The van der Waals surface area contributed by atoms with Crippen LogP contribution in [0.25, 0.3) is 33.1 Å². The Kier molecular flexibility index (Phi) is 7.80. The molecular formula is C32H32Cl2FN7O.